The van der Waals surface area contributed by atoms with E-state index in [0.29, 0.717) is 0 Å². The van der Waals surface area contributed by atoms with Crippen molar-refractivity contribution >= 4 is 10.0 Å². The maximum atomic E-state index is 13.0. The van der Waals surface area contributed by atoms with Crippen LogP contribution in [0, 0.1) is 23.7 Å². The molecule has 0 atom stereocenters. The van der Waals surface area contributed by atoms with Gasteiger partial charge in [-0.05, 0) is 36.4 Å². The van der Waals surface area contributed by atoms with Crippen molar-refractivity contribution < 1.29 is 8.42 Å². The van der Waals surface area contributed by atoms with Gasteiger partial charge in [0.25, 0.3) is 0 Å². The Morgan fingerprint density at radius 1 is 0.607 bits per heavy atom. The molecule has 0 spiro atoms. The molecule has 0 aliphatic rings. The second-order valence-corrected chi connectivity index (χ2v) is 7.86. The number of nitrogens with zero attached hydrogens (tertiary/aromatic N) is 1. The number of hydrogen-bond donors (Lipinski definition) is 0. The fourth-order valence-corrected chi connectivity index (χ4v) is 3.74. The summed E-state index contributed by atoms with van der Waals surface area (Å²) < 4.78 is 27.3. The lowest BCUT2D eigenvalue weighted by Crippen LogP contribution is -2.32. The van der Waals surface area contributed by atoms with E-state index in [2.05, 4.69) is 23.7 Å². The molecule has 3 aromatic rings. The molecule has 0 aromatic heterocycles. The monoisotopic (exact) mass is 385 g/mol. The van der Waals surface area contributed by atoms with Gasteiger partial charge in [-0.3, -0.25) is 0 Å². The SMILES string of the molecule is O=S(=O)(c1ccccc1)N(CC#Cc1ccccc1)CC#Cc1ccccc1. The van der Waals surface area contributed by atoms with Crippen LogP contribution in [0.1, 0.15) is 11.1 Å². The largest absolute Gasteiger partial charge is 0.244 e. The van der Waals surface area contributed by atoms with Crippen LogP contribution in [0.4, 0.5) is 0 Å². The summed E-state index contributed by atoms with van der Waals surface area (Å²) in [5, 5.41) is 0. The first kappa shape index (κ1) is 19.5. The van der Waals surface area contributed by atoms with Crippen LogP contribution in [-0.4, -0.2) is 25.8 Å². The van der Waals surface area contributed by atoms with E-state index in [-0.39, 0.29) is 18.0 Å². The Labute approximate surface area is 166 Å². The summed E-state index contributed by atoms with van der Waals surface area (Å²) >= 11 is 0. The predicted molar refractivity (Wildman–Crippen MR) is 112 cm³/mol. The summed E-state index contributed by atoms with van der Waals surface area (Å²) in [6.45, 7) is 0.130. The summed E-state index contributed by atoms with van der Waals surface area (Å²) in [5.41, 5.74) is 1.69. The minimum Gasteiger partial charge on any atom is -0.207 e. The molecule has 4 heteroatoms. The van der Waals surface area contributed by atoms with Crippen molar-refractivity contribution in [3.05, 3.63) is 102 Å². The zero-order valence-electron chi connectivity index (χ0n) is 15.2. The molecule has 0 radical (unpaired) electrons. The summed E-state index contributed by atoms with van der Waals surface area (Å²) in [5.74, 6) is 11.9. The summed E-state index contributed by atoms with van der Waals surface area (Å²) in [6, 6.07) is 27.3. The van der Waals surface area contributed by atoms with Gasteiger partial charge in [0.1, 0.15) is 0 Å². The smallest absolute Gasteiger partial charge is 0.207 e. The highest BCUT2D eigenvalue weighted by molar-refractivity contribution is 7.89. The number of benzene rings is 3. The molecule has 0 saturated heterocycles. The normalized spacial score (nSPS) is 10.5. The molecular weight excluding hydrogens is 366 g/mol. The Morgan fingerprint density at radius 2 is 1.00 bits per heavy atom. The van der Waals surface area contributed by atoms with E-state index in [1.54, 1.807) is 30.3 Å². The topological polar surface area (TPSA) is 37.4 Å². The van der Waals surface area contributed by atoms with Gasteiger partial charge in [-0.25, -0.2) is 8.42 Å². The van der Waals surface area contributed by atoms with Gasteiger partial charge in [0.15, 0.2) is 0 Å². The summed E-state index contributed by atoms with van der Waals surface area (Å²) in [4.78, 5) is 0.234. The van der Waals surface area contributed by atoms with Gasteiger partial charge in [-0.15, -0.1) is 0 Å². The van der Waals surface area contributed by atoms with Crippen LogP contribution in [0.3, 0.4) is 0 Å². The molecule has 3 aromatic carbocycles. The predicted octanol–water partition coefficient (Wildman–Crippen LogP) is 3.78. The average molecular weight is 385 g/mol. The van der Waals surface area contributed by atoms with Crippen LogP contribution in [0.2, 0.25) is 0 Å². The molecule has 0 aliphatic carbocycles. The van der Waals surface area contributed by atoms with Gasteiger partial charge in [0.2, 0.25) is 10.0 Å². The molecular formula is C24H19NO2S. The van der Waals surface area contributed by atoms with Crippen LogP contribution in [0.15, 0.2) is 95.9 Å². The number of hydrogen-bond acceptors (Lipinski definition) is 2. The molecule has 138 valence electrons. The summed E-state index contributed by atoms with van der Waals surface area (Å²) in [7, 11) is -3.68. The van der Waals surface area contributed by atoms with Crippen molar-refractivity contribution in [2.24, 2.45) is 0 Å². The van der Waals surface area contributed by atoms with Crippen LogP contribution in [-0.2, 0) is 10.0 Å². The third kappa shape index (κ3) is 5.34. The van der Waals surface area contributed by atoms with Crippen molar-refractivity contribution in [3.63, 3.8) is 0 Å². The first-order valence-electron chi connectivity index (χ1n) is 8.79. The second kappa shape index (κ2) is 9.58. The molecule has 0 unspecified atom stereocenters. The quantitative estimate of drug-likeness (QED) is 0.641. The Bertz CT molecular complexity index is 1060. The zero-order valence-corrected chi connectivity index (χ0v) is 16.1. The lowest BCUT2D eigenvalue weighted by Gasteiger charge is -2.17. The highest BCUT2D eigenvalue weighted by Gasteiger charge is 2.22. The minimum absolute atomic E-state index is 0.0651. The van der Waals surface area contributed by atoms with Gasteiger partial charge in [-0.1, -0.05) is 78.3 Å². The first-order chi connectivity index (χ1) is 13.7. The highest BCUT2D eigenvalue weighted by Crippen LogP contribution is 2.14. The molecule has 0 N–H and O–H groups in total. The van der Waals surface area contributed by atoms with Gasteiger partial charge in [0, 0.05) is 11.1 Å². The van der Waals surface area contributed by atoms with Crippen molar-refractivity contribution in [2.75, 3.05) is 13.1 Å². The molecule has 3 nitrogen and oxygen atoms in total. The molecule has 0 bridgehead atoms. The van der Waals surface area contributed by atoms with Gasteiger partial charge < -0.3 is 0 Å². The van der Waals surface area contributed by atoms with Crippen LogP contribution < -0.4 is 0 Å². The second-order valence-electron chi connectivity index (χ2n) is 5.92. The maximum Gasteiger partial charge on any atom is 0.244 e. The highest BCUT2D eigenvalue weighted by atomic mass is 32.2. The van der Waals surface area contributed by atoms with Crippen molar-refractivity contribution in [3.8, 4) is 23.7 Å². The van der Waals surface area contributed by atoms with E-state index in [4.69, 9.17) is 0 Å². The molecule has 0 fully saturated rings. The van der Waals surface area contributed by atoms with E-state index >= 15 is 0 Å². The first-order valence-corrected chi connectivity index (χ1v) is 10.2. The van der Waals surface area contributed by atoms with E-state index < -0.39 is 10.0 Å². The maximum absolute atomic E-state index is 13.0. The van der Waals surface area contributed by atoms with Gasteiger partial charge in [0.05, 0.1) is 18.0 Å². The average Bonchev–Trinajstić information content (AvgIpc) is 2.75. The van der Waals surface area contributed by atoms with Gasteiger partial charge in [-0.2, -0.15) is 4.31 Å². The molecule has 0 heterocycles. The number of rotatable bonds is 4. The minimum atomic E-state index is -3.68. The van der Waals surface area contributed by atoms with Crippen LogP contribution >= 0.6 is 0 Å². The molecule has 0 amide bonds. The number of sulfonamides is 1. The Hall–Kier alpha value is -3.31. The molecule has 0 aliphatic heterocycles. The lowest BCUT2D eigenvalue weighted by atomic mass is 10.2. The summed E-state index contributed by atoms with van der Waals surface area (Å²) in [6.07, 6.45) is 0. The van der Waals surface area contributed by atoms with Crippen LogP contribution in [0.25, 0.3) is 0 Å². The van der Waals surface area contributed by atoms with Crippen LogP contribution in [0.5, 0.6) is 0 Å². The lowest BCUT2D eigenvalue weighted by molar-refractivity contribution is 0.482. The molecule has 28 heavy (non-hydrogen) atoms. The fraction of sp³-hybridized carbons (Fsp3) is 0.0833. The van der Waals surface area contributed by atoms with E-state index in [0.717, 1.165) is 11.1 Å². The zero-order chi connectivity index (χ0) is 19.7. The third-order valence-electron chi connectivity index (χ3n) is 3.90. The van der Waals surface area contributed by atoms with Gasteiger partial charge >= 0.3 is 0 Å². The third-order valence-corrected chi connectivity index (χ3v) is 5.71. The Morgan fingerprint density at radius 3 is 1.43 bits per heavy atom. The van der Waals surface area contributed by atoms with Crippen molar-refractivity contribution in [1.29, 1.82) is 0 Å². The van der Waals surface area contributed by atoms with E-state index in [9.17, 15) is 8.42 Å². The standard InChI is InChI=1S/C24H19NO2S/c26-28(27,24-18-8-3-9-19-24)25(20-10-16-22-12-4-1-5-13-22)21-11-17-23-14-6-2-7-15-23/h1-9,12-15,18-19H,20-21H2. The van der Waals surface area contributed by atoms with Crippen molar-refractivity contribution in [2.45, 2.75) is 4.90 Å². The van der Waals surface area contributed by atoms with Crippen molar-refractivity contribution in [1.82, 2.24) is 4.31 Å². The molecule has 0 saturated carbocycles. The molecule has 3 rings (SSSR count). The fourth-order valence-electron chi connectivity index (χ4n) is 2.47. The Balaban J connectivity index is 1.84. The van der Waals surface area contributed by atoms with E-state index in [1.165, 1.54) is 4.31 Å². The van der Waals surface area contributed by atoms with E-state index in [1.807, 2.05) is 60.7 Å². The Kier molecular flexibility index (Phi) is 6.65.